The number of pyridine rings is 1. The number of nitrogens with zero attached hydrogens (tertiary/aromatic N) is 4. The molecular formula is C23H22N6O. The largest absolute Gasteiger partial charge is 0.363 e. The zero-order valence-corrected chi connectivity index (χ0v) is 17.0. The number of hydrogen-bond acceptors (Lipinski definition) is 6. The second-order valence-electron chi connectivity index (χ2n) is 7.09. The molecule has 0 spiro atoms. The first-order chi connectivity index (χ1) is 14.5. The van der Waals surface area contributed by atoms with Gasteiger partial charge in [0.15, 0.2) is 0 Å². The van der Waals surface area contributed by atoms with Gasteiger partial charge in [0, 0.05) is 43.1 Å². The van der Waals surface area contributed by atoms with Crippen LogP contribution in [0, 0.1) is 6.92 Å². The van der Waals surface area contributed by atoms with Crippen LogP contribution in [-0.2, 0) is 0 Å². The first-order valence-electron chi connectivity index (χ1n) is 9.55. The molecule has 4 rings (SSSR count). The highest BCUT2D eigenvalue weighted by Gasteiger charge is 2.12. The molecule has 0 aliphatic carbocycles. The summed E-state index contributed by atoms with van der Waals surface area (Å²) in [4.78, 5) is 27.7. The van der Waals surface area contributed by atoms with E-state index in [2.05, 4.69) is 25.6 Å². The smallest absolute Gasteiger partial charge is 0.274 e. The summed E-state index contributed by atoms with van der Waals surface area (Å²) in [6.45, 7) is 1.86. The van der Waals surface area contributed by atoms with Crippen LogP contribution in [0.1, 0.15) is 16.3 Å². The normalized spacial score (nSPS) is 10.6. The van der Waals surface area contributed by atoms with E-state index in [0.29, 0.717) is 23.0 Å². The Labute approximate surface area is 174 Å². The quantitative estimate of drug-likeness (QED) is 0.519. The van der Waals surface area contributed by atoms with E-state index in [4.69, 9.17) is 0 Å². The zero-order valence-electron chi connectivity index (χ0n) is 17.0. The van der Waals surface area contributed by atoms with Crippen molar-refractivity contribution in [2.45, 2.75) is 6.92 Å². The molecule has 2 heterocycles. The molecule has 0 saturated carbocycles. The van der Waals surface area contributed by atoms with E-state index in [1.54, 1.807) is 6.20 Å². The van der Waals surface area contributed by atoms with Crippen LogP contribution < -0.4 is 15.5 Å². The fraction of sp³-hybridized carbons (Fsp3) is 0.130. The van der Waals surface area contributed by atoms with Gasteiger partial charge in [0.2, 0.25) is 0 Å². The Kier molecular flexibility index (Phi) is 5.26. The number of rotatable bonds is 5. The van der Waals surface area contributed by atoms with Gasteiger partial charge in [0.05, 0.1) is 0 Å². The number of nitrogens with one attached hydrogen (secondary N) is 2. The van der Waals surface area contributed by atoms with Crippen LogP contribution >= 0.6 is 0 Å². The maximum atomic E-state index is 12.7. The summed E-state index contributed by atoms with van der Waals surface area (Å²) in [5.74, 6) is 1.99. The summed E-state index contributed by atoms with van der Waals surface area (Å²) < 4.78 is 0. The summed E-state index contributed by atoms with van der Waals surface area (Å²) in [6.07, 6.45) is 1.65. The number of hydrogen-bond donors (Lipinski definition) is 2. The summed E-state index contributed by atoms with van der Waals surface area (Å²) in [6, 6.07) is 18.9. The van der Waals surface area contributed by atoms with Gasteiger partial charge in [0.25, 0.3) is 5.91 Å². The van der Waals surface area contributed by atoms with Gasteiger partial charge in [-0.2, -0.15) is 0 Å². The fourth-order valence-corrected chi connectivity index (χ4v) is 3.12. The number of carbonyl (C=O) groups excluding carboxylic acids is 1. The topological polar surface area (TPSA) is 83.0 Å². The summed E-state index contributed by atoms with van der Waals surface area (Å²) >= 11 is 0. The second-order valence-corrected chi connectivity index (χ2v) is 7.09. The van der Waals surface area contributed by atoms with E-state index >= 15 is 0 Å². The molecule has 0 saturated heterocycles. The van der Waals surface area contributed by atoms with Crippen molar-refractivity contribution in [2.24, 2.45) is 0 Å². The van der Waals surface area contributed by atoms with E-state index in [0.717, 1.165) is 22.3 Å². The predicted molar refractivity (Wildman–Crippen MR) is 121 cm³/mol. The van der Waals surface area contributed by atoms with Crippen molar-refractivity contribution in [1.82, 2.24) is 15.0 Å². The van der Waals surface area contributed by atoms with Gasteiger partial charge in [0.1, 0.15) is 23.2 Å². The molecule has 0 atom stereocenters. The van der Waals surface area contributed by atoms with E-state index in [1.165, 1.54) is 0 Å². The molecule has 0 aliphatic rings. The van der Waals surface area contributed by atoms with Crippen molar-refractivity contribution in [2.75, 3.05) is 29.6 Å². The number of amides is 1. The van der Waals surface area contributed by atoms with Crippen molar-refractivity contribution in [3.8, 4) is 0 Å². The Balaban J connectivity index is 1.49. The van der Waals surface area contributed by atoms with Gasteiger partial charge in [-0.25, -0.2) is 9.97 Å². The molecule has 2 aromatic carbocycles. The maximum Gasteiger partial charge on any atom is 0.274 e. The number of anilines is 4. The lowest BCUT2D eigenvalue weighted by atomic mass is 10.1. The maximum absolute atomic E-state index is 12.7. The minimum atomic E-state index is -0.241. The lowest BCUT2D eigenvalue weighted by Crippen LogP contribution is -2.14. The van der Waals surface area contributed by atoms with E-state index in [-0.39, 0.29) is 5.91 Å². The fourth-order valence-electron chi connectivity index (χ4n) is 3.12. The van der Waals surface area contributed by atoms with Gasteiger partial charge < -0.3 is 15.5 Å². The highest BCUT2D eigenvalue weighted by molar-refractivity contribution is 6.11. The Hall–Kier alpha value is -4.00. The van der Waals surface area contributed by atoms with Crippen LogP contribution in [0.15, 0.2) is 66.9 Å². The Morgan fingerprint density at radius 3 is 2.43 bits per heavy atom. The van der Waals surface area contributed by atoms with Crippen LogP contribution in [0.4, 0.5) is 23.0 Å². The average Bonchev–Trinajstić information content (AvgIpc) is 2.74. The molecule has 4 aromatic rings. The third kappa shape index (κ3) is 4.20. The number of fused-ring (bicyclic) bond motifs is 1. The molecule has 7 nitrogen and oxygen atoms in total. The summed E-state index contributed by atoms with van der Waals surface area (Å²) in [7, 11) is 3.88. The summed E-state index contributed by atoms with van der Waals surface area (Å²) in [5, 5.41) is 7.99. The highest BCUT2D eigenvalue weighted by Crippen LogP contribution is 2.22. The van der Waals surface area contributed by atoms with Crippen LogP contribution in [0.5, 0.6) is 0 Å². The van der Waals surface area contributed by atoms with Crippen LogP contribution in [0.25, 0.3) is 10.8 Å². The SMILES string of the molecule is Cc1nc(Nc2ccc(NC(=O)c3nccc4ccccc34)cc2)cc(N(C)C)n1. The van der Waals surface area contributed by atoms with Gasteiger partial charge in [-0.15, -0.1) is 0 Å². The molecule has 7 heteroatoms. The van der Waals surface area contributed by atoms with Crippen LogP contribution in [0.3, 0.4) is 0 Å². The molecule has 0 bridgehead atoms. The van der Waals surface area contributed by atoms with E-state index < -0.39 is 0 Å². The molecule has 2 aromatic heterocycles. The molecule has 1 amide bonds. The Morgan fingerprint density at radius 1 is 0.933 bits per heavy atom. The lowest BCUT2D eigenvalue weighted by Gasteiger charge is -2.14. The molecule has 0 unspecified atom stereocenters. The summed E-state index contributed by atoms with van der Waals surface area (Å²) in [5.41, 5.74) is 1.95. The molecule has 0 aliphatic heterocycles. The first kappa shape index (κ1) is 19.3. The highest BCUT2D eigenvalue weighted by atomic mass is 16.1. The monoisotopic (exact) mass is 398 g/mol. The van der Waals surface area contributed by atoms with Crippen molar-refractivity contribution >= 4 is 39.7 Å². The predicted octanol–water partition coefficient (Wildman–Crippen LogP) is 4.40. The van der Waals surface area contributed by atoms with E-state index in [1.807, 2.05) is 86.6 Å². The van der Waals surface area contributed by atoms with Gasteiger partial charge >= 0.3 is 0 Å². The van der Waals surface area contributed by atoms with Crippen LogP contribution in [0.2, 0.25) is 0 Å². The minimum Gasteiger partial charge on any atom is -0.363 e. The van der Waals surface area contributed by atoms with Gasteiger partial charge in [-0.1, -0.05) is 24.3 Å². The molecule has 0 radical (unpaired) electrons. The first-order valence-corrected chi connectivity index (χ1v) is 9.55. The van der Waals surface area contributed by atoms with Crippen LogP contribution in [-0.4, -0.2) is 35.0 Å². The van der Waals surface area contributed by atoms with Gasteiger partial charge in [-0.05, 0) is 42.6 Å². The Bertz CT molecular complexity index is 1200. The second kappa shape index (κ2) is 8.16. The number of benzene rings is 2. The van der Waals surface area contributed by atoms with Crippen molar-refractivity contribution in [1.29, 1.82) is 0 Å². The third-order valence-corrected chi connectivity index (χ3v) is 4.59. The third-order valence-electron chi connectivity index (χ3n) is 4.59. The number of aromatic nitrogens is 3. The molecule has 150 valence electrons. The van der Waals surface area contributed by atoms with E-state index in [9.17, 15) is 4.79 Å². The number of carbonyl (C=O) groups is 1. The molecular weight excluding hydrogens is 376 g/mol. The average molecular weight is 398 g/mol. The van der Waals surface area contributed by atoms with Crippen molar-refractivity contribution < 1.29 is 4.79 Å². The standard InChI is InChI=1S/C23H22N6O/c1-15-25-20(14-21(26-15)29(2)3)27-17-8-10-18(11-9-17)28-23(30)22-19-7-5-4-6-16(19)12-13-24-22/h4-14H,1-3H3,(H,28,30)(H,25,26,27). The van der Waals surface area contributed by atoms with Gasteiger partial charge in [-0.3, -0.25) is 9.78 Å². The molecule has 2 N–H and O–H groups in total. The molecule has 30 heavy (non-hydrogen) atoms. The van der Waals surface area contributed by atoms with Crippen molar-refractivity contribution in [3.63, 3.8) is 0 Å². The minimum absolute atomic E-state index is 0.241. The molecule has 0 fully saturated rings. The number of aryl methyl sites for hydroxylation is 1. The Morgan fingerprint density at radius 2 is 1.67 bits per heavy atom. The lowest BCUT2D eigenvalue weighted by molar-refractivity contribution is 0.102. The zero-order chi connectivity index (χ0) is 21.1. The van der Waals surface area contributed by atoms with Crippen molar-refractivity contribution in [3.05, 3.63) is 78.4 Å².